The van der Waals surface area contributed by atoms with Crippen molar-refractivity contribution < 1.29 is 14.7 Å². The molecule has 0 spiro atoms. The van der Waals surface area contributed by atoms with Crippen LogP contribution in [-0.4, -0.2) is 53.5 Å². The van der Waals surface area contributed by atoms with Gasteiger partial charge in [-0.2, -0.15) is 0 Å². The number of anilines is 1. The summed E-state index contributed by atoms with van der Waals surface area (Å²) >= 11 is 0. The van der Waals surface area contributed by atoms with Gasteiger partial charge in [-0.15, -0.1) is 0 Å². The molecule has 1 N–H and O–H groups in total. The molecule has 108 valence electrons. The second kappa shape index (κ2) is 5.48. The summed E-state index contributed by atoms with van der Waals surface area (Å²) in [6.45, 7) is 2.61. The van der Waals surface area contributed by atoms with Crippen LogP contribution >= 0.6 is 0 Å². The van der Waals surface area contributed by atoms with Gasteiger partial charge >= 0.3 is 5.97 Å². The van der Waals surface area contributed by atoms with Gasteiger partial charge in [-0.3, -0.25) is 4.79 Å². The van der Waals surface area contributed by atoms with E-state index in [9.17, 15) is 14.7 Å². The molecule has 2 unspecified atom stereocenters. The number of nitrogens with zero attached hydrogens (tertiary/aromatic N) is 3. The van der Waals surface area contributed by atoms with E-state index in [-0.39, 0.29) is 11.8 Å². The molecule has 1 aliphatic rings. The van der Waals surface area contributed by atoms with Crippen molar-refractivity contribution in [3.8, 4) is 0 Å². The van der Waals surface area contributed by atoms with Crippen LogP contribution in [0.15, 0.2) is 18.3 Å². The van der Waals surface area contributed by atoms with Gasteiger partial charge in [0, 0.05) is 26.8 Å². The third-order valence-corrected chi connectivity index (χ3v) is 3.65. The second-order valence-corrected chi connectivity index (χ2v) is 5.35. The van der Waals surface area contributed by atoms with E-state index in [1.165, 1.54) is 11.1 Å². The Morgan fingerprint density at radius 3 is 2.60 bits per heavy atom. The predicted molar refractivity (Wildman–Crippen MR) is 74.8 cm³/mol. The molecule has 1 amide bonds. The van der Waals surface area contributed by atoms with Crippen LogP contribution in [0.25, 0.3) is 0 Å². The highest BCUT2D eigenvalue weighted by molar-refractivity contribution is 5.93. The van der Waals surface area contributed by atoms with Crippen LogP contribution in [0.3, 0.4) is 0 Å². The molecule has 1 saturated heterocycles. The molecule has 20 heavy (non-hydrogen) atoms. The largest absolute Gasteiger partial charge is 0.480 e. The molecule has 0 radical (unpaired) electrons. The summed E-state index contributed by atoms with van der Waals surface area (Å²) < 4.78 is 0. The van der Waals surface area contributed by atoms with Gasteiger partial charge in [-0.25, -0.2) is 9.78 Å². The molecule has 1 aliphatic heterocycles. The normalized spacial score (nSPS) is 21.9. The maximum absolute atomic E-state index is 11.8. The van der Waals surface area contributed by atoms with Gasteiger partial charge in [-0.1, -0.05) is 6.92 Å². The van der Waals surface area contributed by atoms with E-state index in [1.54, 1.807) is 31.1 Å². The van der Waals surface area contributed by atoms with Crippen molar-refractivity contribution in [2.45, 2.75) is 19.4 Å². The number of aromatic nitrogens is 1. The molecule has 0 aromatic carbocycles. The highest BCUT2D eigenvalue weighted by Gasteiger charge is 2.37. The lowest BCUT2D eigenvalue weighted by Crippen LogP contribution is -2.39. The molecule has 0 bridgehead atoms. The van der Waals surface area contributed by atoms with Crippen LogP contribution in [0, 0.1) is 5.92 Å². The summed E-state index contributed by atoms with van der Waals surface area (Å²) in [7, 11) is 3.36. The van der Waals surface area contributed by atoms with Gasteiger partial charge < -0.3 is 14.9 Å². The number of hydrogen-bond donors (Lipinski definition) is 1. The number of carboxylic acids is 1. The zero-order valence-electron chi connectivity index (χ0n) is 11.9. The lowest BCUT2D eigenvalue weighted by atomic mass is 10.0. The van der Waals surface area contributed by atoms with Crippen LogP contribution in [-0.2, 0) is 4.79 Å². The second-order valence-electron chi connectivity index (χ2n) is 5.35. The van der Waals surface area contributed by atoms with E-state index >= 15 is 0 Å². The molecule has 1 aromatic heterocycles. The van der Waals surface area contributed by atoms with Crippen molar-refractivity contribution >= 4 is 17.7 Å². The van der Waals surface area contributed by atoms with Gasteiger partial charge in [-0.05, 0) is 24.5 Å². The summed E-state index contributed by atoms with van der Waals surface area (Å²) in [4.78, 5) is 30.6. The summed E-state index contributed by atoms with van der Waals surface area (Å²) in [5, 5.41) is 9.30. The summed E-state index contributed by atoms with van der Waals surface area (Å²) in [6, 6.07) is 2.86. The van der Waals surface area contributed by atoms with E-state index in [1.807, 2.05) is 6.92 Å². The molecule has 6 heteroatoms. The van der Waals surface area contributed by atoms with Gasteiger partial charge in [0.2, 0.25) is 0 Å². The number of carbonyl (C=O) groups excluding carboxylic acids is 1. The monoisotopic (exact) mass is 277 g/mol. The van der Waals surface area contributed by atoms with Gasteiger partial charge in [0.1, 0.15) is 11.9 Å². The average molecular weight is 277 g/mol. The number of carbonyl (C=O) groups is 2. The Morgan fingerprint density at radius 1 is 1.40 bits per heavy atom. The van der Waals surface area contributed by atoms with Crippen LogP contribution in [0.2, 0.25) is 0 Å². The number of hydrogen-bond acceptors (Lipinski definition) is 4. The number of aliphatic carboxylic acids is 1. The average Bonchev–Trinajstić information content (AvgIpc) is 2.80. The van der Waals surface area contributed by atoms with Crippen LogP contribution in [0.1, 0.15) is 23.7 Å². The van der Waals surface area contributed by atoms with E-state index in [2.05, 4.69) is 4.98 Å². The highest BCUT2D eigenvalue weighted by atomic mass is 16.4. The first-order chi connectivity index (χ1) is 9.41. The number of rotatable bonds is 3. The summed E-state index contributed by atoms with van der Waals surface area (Å²) in [5.74, 6) is -0.242. The number of carboxylic acid groups (broad SMARTS) is 1. The summed E-state index contributed by atoms with van der Waals surface area (Å²) in [6.07, 6.45) is 2.33. The third kappa shape index (κ3) is 2.59. The van der Waals surface area contributed by atoms with Crippen molar-refractivity contribution in [1.29, 1.82) is 0 Å². The highest BCUT2D eigenvalue weighted by Crippen LogP contribution is 2.28. The minimum absolute atomic E-state index is 0.0948. The number of pyridine rings is 1. The SMILES string of the molecule is CC1CCN(c2ccc(C(=O)N(C)C)cn2)C1C(=O)O. The molecule has 1 aromatic rings. The first-order valence-electron chi connectivity index (χ1n) is 6.59. The number of amides is 1. The Hall–Kier alpha value is -2.11. The standard InChI is InChI=1S/C14H19N3O3/c1-9-6-7-17(12(9)14(19)20)11-5-4-10(8-15-11)13(18)16(2)3/h4-5,8-9,12H,6-7H2,1-3H3,(H,19,20). The topological polar surface area (TPSA) is 73.7 Å². The van der Waals surface area contributed by atoms with Crippen LogP contribution < -0.4 is 4.90 Å². The van der Waals surface area contributed by atoms with Crippen molar-refractivity contribution in [3.05, 3.63) is 23.9 Å². The van der Waals surface area contributed by atoms with Gasteiger partial charge in [0.15, 0.2) is 0 Å². The molecule has 6 nitrogen and oxygen atoms in total. The fraction of sp³-hybridized carbons (Fsp3) is 0.500. The van der Waals surface area contributed by atoms with Crippen LogP contribution in [0.4, 0.5) is 5.82 Å². The Kier molecular flexibility index (Phi) is 3.92. The van der Waals surface area contributed by atoms with Crippen LogP contribution in [0.5, 0.6) is 0 Å². The molecule has 2 atom stereocenters. The van der Waals surface area contributed by atoms with Gasteiger partial charge in [0.05, 0.1) is 5.56 Å². The molecule has 2 heterocycles. The fourth-order valence-corrected chi connectivity index (χ4v) is 2.52. The molecular weight excluding hydrogens is 258 g/mol. The molecule has 0 aliphatic carbocycles. The minimum atomic E-state index is -0.828. The Balaban J connectivity index is 2.22. The molecule has 0 saturated carbocycles. The zero-order chi connectivity index (χ0) is 14.9. The van der Waals surface area contributed by atoms with E-state index in [0.29, 0.717) is 17.9 Å². The molecule has 2 rings (SSSR count). The predicted octanol–water partition coefficient (Wildman–Crippen LogP) is 1.08. The Bertz CT molecular complexity index is 513. The first-order valence-corrected chi connectivity index (χ1v) is 6.59. The van der Waals surface area contributed by atoms with Crippen molar-refractivity contribution in [3.63, 3.8) is 0 Å². The lowest BCUT2D eigenvalue weighted by molar-refractivity contribution is -0.139. The third-order valence-electron chi connectivity index (χ3n) is 3.65. The maximum Gasteiger partial charge on any atom is 0.326 e. The summed E-state index contributed by atoms with van der Waals surface area (Å²) in [5.41, 5.74) is 0.498. The van der Waals surface area contributed by atoms with Crippen molar-refractivity contribution in [2.75, 3.05) is 25.5 Å². The quantitative estimate of drug-likeness (QED) is 0.895. The first kappa shape index (κ1) is 14.3. The minimum Gasteiger partial charge on any atom is -0.480 e. The fourth-order valence-electron chi connectivity index (χ4n) is 2.52. The van der Waals surface area contributed by atoms with Gasteiger partial charge in [0.25, 0.3) is 5.91 Å². The Labute approximate surface area is 118 Å². The van der Waals surface area contributed by atoms with E-state index in [4.69, 9.17) is 0 Å². The smallest absolute Gasteiger partial charge is 0.326 e. The van der Waals surface area contributed by atoms with Crippen molar-refractivity contribution in [1.82, 2.24) is 9.88 Å². The van der Waals surface area contributed by atoms with Crippen molar-refractivity contribution in [2.24, 2.45) is 5.92 Å². The van der Waals surface area contributed by atoms with E-state index in [0.717, 1.165) is 6.42 Å². The molecular formula is C14H19N3O3. The molecule has 1 fully saturated rings. The lowest BCUT2D eigenvalue weighted by Gasteiger charge is -2.24. The Morgan fingerprint density at radius 2 is 2.10 bits per heavy atom. The maximum atomic E-state index is 11.8. The zero-order valence-corrected chi connectivity index (χ0v) is 11.9. The van der Waals surface area contributed by atoms with E-state index < -0.39 is 12.0 Å².